The number of hydrogen-bond acceptors (Lipinski definition) is 0. The van der Waals surface area contributed by atoms with Gasteiger partial charge in [-0.3, -0.25) is 0 Å². The summed E-state index contributed by atoms with van der Waals surface area (Å²) in [6.07, 6.45) is -6.34. The fraction of sp³-hybridized carbons (Fsp3) is 0.0667. The zero-order valence-corrected chi connectivity index (χ0v) is 20.6. The minimum atomic E-state index is -5.29. The Labute approximate surface area is 225 Å². The van der Waals surface area contributed by atoms with E-state index in [2.05, 4.69) is 0 Å². The van der Waals surface area contributed by atoms with Crippen molar-refractivity contribution in [3.8, 4) is 22.3 Å². The summed E-state index contributed by atoms with van der Waals surface area (Å²) in [5.74, 6) is -15.2. The fourth-order valence-electron chi connectivity index (χ4n) is 3.99. The van der Waals surface area contributed by atoms with Gasteiger partial charge in [0.1, 0.15) is 34.9 Å². The Morgan fingerprint density at radius 3 is 1.56 bits per heavy atom. The van der Waals surface area contributed by atoms with Gasteiger partial charge in [-0.2, -0.15) is 13.2 Å². The van der Waals surface area contributed by atoms with E-state index in [-0.39, 0.29) is 23.3 Å². The number of hydrogen-bond donors (Lipinski definition) is 0. The molecule has 0 amide bonds. The van der Waals surface area contributed by atoms with Crippen LogP contribution in [0.25, 0.3) is 39.7 Å². The molecule has 0 fully saturated rings. The number of alkyl halides is 3. The highest BCUT2D eigenvalue weighted by molar-refractivity contribution is 5.85. The number of aryl methyl sites for hydroxylation is 1. The van der Waals surface area contributed by atoms with Gasteiger partial charge in [-0.25, -0.2) is 35.1 Å². The molecule has 4 rings (SSSR count). The van der Waals surface area contributed by atoms with Gasteiger partial charge in [0.2, 0.25) is 0 Å². The molecule has 0 bridgehead atoms. The van der Waals surface area contributed by atoms with Gasteiger partial charge in [-0.05, 0) is 53.9 Å². The maximum Gasteiger partial charge on any atom is 0.412 e. The van der Waals surface area contributed by atoms with Gasteiger partial charge >= 0.3 is 6.18 Å². The average molecular weight is 584 g/mol. The molecule has 41 heavy (non-hydrogen) atoms. The van der Waals surface area contributed by atoms with Crippen LogP contribution in [0.2, 0.25) is 0 Å². The van der Waals surface area contributed by atoms with E-state index in [0.29, 0.717) is 23.3 Å². The van der Waals surface area contributed by atoms with Crippen LogP contribution in [0.4, 0.5) is 48.3 Å². The molecule has 0 saturated carbocycles. The van der Waals surface area contributed by atoms with E-state index >= 15 is 0 Å². The maximum atomic E-state index is 14.9. The van der Waals surface area contributed by atoms with Crippen molar-refractivity contribution in [3.63, 3.8) is 0 Å². The van der Waals surface area contributed by atoms with Gasteiger partial charge in [-0.1, -0.05) is 42.0 Å². The molecule has 0 spiro atoms. The van der Waals surface area contributed by atoms with E-state index in [1.165, 1.54) is 12.1 Å². The van der Waals surface area contributed by atoms with Gasteiger partial charge in [-0.15, -0.1) is 0 Å². The van der Waals surface area contributed by atoms with E-state index in [9.17, 15) is 48.3 Å². The number of rotatable bonds is 5. The molecule has 0 radical (unpaired) electrons. The third kappa shape index (κ3) is 6.34. The van der Waals surface area contributed by atoms with Crippen molar-refractivity contribution in [2.75, 3.05) is 0 Å². The summed E-state index contributed by atoms with van der Waals surface area (Å²) in [5.41, 5.74) is -3.29. The van der Waals surface area contributed by atoms with Gasteiger partial charge in [0, 0.05) is 11.1 Å². The summed E-state index contributed by atoms with van der Waals surface area (Å²) in [5, 5.41) is 0. The normalized spacial score (nSPS) is 12.9. The standard InChI is InChI=1S/C30H15F11/c1-14-2-4-15(5-3-14)16-6-7-19(20(31)8-16)17-9-23(34)27(24(35)10-17)29(38)28(37)18-11-21(32)26(22(33)12-18)25(36)13-30(39,40)41/h2-13H,1H3/b25-13-,29-28+. The summed E-state index contributed by atoms with van der Waals surface area (Å²) in [4.78, 5) is 0. The molecular formula is C30H15F11. The van der Waals surface area contributed by atoms with Crippen molar-refractivity contribution in [1.82, 2.24) is 0 Å². The van der Waals surface area contributed by atoms with Crippen LogP contribution >= 0.6 is 0 Å². The molecule has 4 aromatic carbocycles. The largest absolute Gasteiger partial charge is 0.412 e. The lowest BCUT2D eigenvalue weighted by atomic mass is 9.97. The van der Waals surface area contributed by atoms with Crippen molar-refractivity contribution in [2.24, 2.45) is 0 Å². The molecule has 0 N–H and O–H groups in total. The second kappa shape index (κ2) is 11.2. The second-order valence-corrected chi connectivity index (χ2v) is 8.85. The summed E-state index contributed by atoms with van der Waals surface area (Å²) in [7, 11) is 0. The van der Waals surface area contributed by atoms with Crippen LogP contribution in [0.1, 0.15) is 22.3 Å². The number of halogens is 11. The maximum absolute atomic E-state index is 14.9. The molecule has 4 aromatic rings. The van der Waals surface area contributed by atoms with E-state index in [0.717, 1.165) is 11.6 Å². The molecule has 0 unspecified atom stereocenters. The van der Waals surface area contributed by atoms with Gasteiger partial charge in [0.15, 0.2) is 11.7 Å². The minimum absolute atomic E-state index is 0.0493. The first-order chi connectivity index (χ1) is 19.2. The zero-order chi connectivity index (χ0) is 30.2. The van der Waals surface area contributed by atoms with Gasteiger partial charge in [0.05, 0.1) is 17.2 Å². The fourth-order valence-corrected chi connectivity index (χ4v) is 3.99. The minimum Gasteiger partial charge on any atom is -0.206 e. The Balaban J connectivity index is 1.71. The Morgan fingerprint density at radius 1 is 0.561 bits per heavy atom. The molecule has 0 aliphatic carbocycles. The van der Waals surface area contributed by atoms with Crippen molar-refractivity contribution in [2.45, 2.75) is 13.1 Å². The highest BCUT2D eigenvalue weighted by Crippen LogP contribution is 2.37. The first-order valence-corrected chi connectivity index (χ1v) is 11.5. The first-order valence-electron chi connectivity index (χ1n) is 11.5. The topological polar surface area (TPSA) is 0 Å². The Kier molecular flexibility index (Phi) is 8.10. The van der Waals surface area contributed by atoms with Crippen LogP contribution in [0.3, 0.4) is 0 Å². The average Bonchev–Trinajstić information content (AvgIpc) is 2.86. The summed E-state index contributed by atoms with van der Waals surface area (Å²) < 4.78 is 153. The Hall–Kier alpha value is -4.41. The third-order valence-corrected chi connectivity index (χ3v) is 5.94. The van der Waals surface area contributed by atoms with Crippen molar-refractivity contribution >= 4 is 17.5 Å². The highest BCUT2D eigenvalue weighted by Gasteiger charge is 2.29. The molecule has 0 heterocycles. The molecule has 0 saturated heterocycles. The van der Waals surface area contributed by atoms with Gasteiger partial charge < -0.3 is 0 Å². The number of allylic oxidation sites excluding steroid dienone is 1. The molecule has 0 nitrogen and oxygen atoms in total. The Morgan fingerprint density at radius 2 is 1.05 bits per heavy atom. The van der Waals surface area contributed by atoms with Crippen LogP contribution in [-0.2, 0) is 0 Å². The lowest BCUT2D eigenvalue weighted by molar-refractivity contribution is -0.0798. The van der Waals surface area contributed by atoms with Crippen LogP contribution in [0.15, 0.2) is 72.8 Å². The molecule has 212 valence electrons. The van der Waals surface area contributed by atoms with Crippen LogP contribution in [0.5, 0.6) is 0 Å². The SMILES string of the molecule is Cc1ccc(-c2ccc(-c3cc(F)c(/C(F)=C(\F)c4cc(F)c(/C(F)=C/C(F)(F)F)c(F)c4)c(F)c3)c(F)c2)cc1. The van der Waals surface area contributed by atoms with Crippen LogP contribution in [-0.4, -0.2) is 6.18 Å². The van der Waals surface area contributed by atoms with Crippen molar-refractivity contribution < 1.29 is 48.3 Å². The number of benzene rings is 4. The smallest absolute Gasteiger partial charge is 0.206 e. The van der Waals surface area contributed by atoms with Crippen LogP contribution < -0.4 is 0 Å². The summed E-state index contributed by atoms with van der Waals surface area (Å²) >= 11 is 0. The lowest BCUT2D eigenvalue weighted by Crippen LogP contribution is -2.04. The molecule has 0 aliphatic heterocycles. The summed E-state index contributed by atoms with van der Waals surface area (Å²) in [6.45, 7) is 1.86. The quantitative estimate of drug-likeness (QED) is 0.162. The van der Waals surface area contributed by atoms with E-state index < -0.39 is 75.5 Å². The van der Waals surface area contributed by atoms with E-state index in [1.54, 1.807) is 24.3 Å². The predicted molar refractivity (Wildman–Crippen MR) is 132 cm³/mol. The highest BCUT2D eigenvalue weighted by atomic mass is 19.4. The van der Waals surface area contributed by atoms with Gasteiger partial charge in [0.25, 0.3) is 0 Å². The Bertz CT molecular complexity index is 1650. The second-order valence-electron chi connectivity index (χ2n) is 8.85. The van der Waals surface area contributed by atoms with Crippen molar-refractivity contribution in [1.29, 1.82) is 0 Å². The molecule has 0 atom stereocenters. The molecule has 0 aliphatic rings. The lowest BCUT2D eigenvalue weighted by Gasteiger charge is -2.11. The molecular weight excluding hydrogens is 569 g/mol. The van der Waals surface area contributed by atoms with E-state index in [4.69, 9.17) is 0 Å². The summed E-state index contributed by atoms with van der Waals surface area (Å²) in [6, 6.07) is 11.8. The predicted octanol–water partition coefficient (Wildman–Crippen LogP) is 10.7. The first kappa shape index (κ1) is 29.6. The van der Waals surface area contributed by atoms with Crippen LogP contribution in [0, 0.1) is 36.0 Å². The van der Waals surface area contributed by atoms with E-state index in [1.807, 2.05) is 6.92 Å². The zero-order valence-electron chi connectivity index (χ0n) is 20.6. The third-order valence-electron chi connectivity index (χ3n) is 5.94. The molecule has 0 aromatic heterocycles. The monoisotopic (exact) mass is 584 g/mol. The molecule has 11 heteroatoms. The van der Waals surface area contributed by atoms with Crippen molar-refractivity contribution in [3.05, 3.63) is 124 Å².